The van der Waals surface area contributed by atoms with Crippen LogP contribution in [-0.2, 0) is 14.2 Å². The molecular formula is C25H24N4O7. The zero-order valence-electron chi connectivity index (χ0n) is 19.4. The van der Waals surface area contributed by atoms with Crippen molar-refractivity contribution in [2.45, 2.75) is 24.4 Å². The molecule has 2 saturated heterocycles. The summed E-state index contributed by atoms with van der Waals surface area (Å²) in [5, 5.41) is 6.01. The van der Waals surface area contributed by atoms with Gasteiger partial charge in [-0.25, -0.2) is 14.8 Å². The van der Waals surface area contributed by atoms with Crippen LogP contribution in [0.15, 0.2) is 54.7 Å². The van der Waals surface area contributed by atoms with E-state index in [0.29, 0.717) is 35.5 Å². The fraction of sp³-hybridized carbons (Fsp3) is 0.320. The maximum Gasteiger partial charge on any atom is 0.412 e. The van der Waals surface area contributed by atoms with Gasteiger partial charge in [-0.15, -0.1) is 0 Å². The Morgan fingerprint density at radius 3 is 2.69 bits per heavy atom. The van der Waals surface area contributed by atoms with Gasteiger partial charge in [0.05, 0.1) is 32.1 Å². The third kappa shape index (κ3) is 4.45. The number of hydrogen-bond acceptors (Lipinski definition) is 10. The highest BCUT2D eigenvalue weighted by Crippen LogP contribution is 2.36. The summed E-state index contributed by atoms with van der Waals surface area (Å²) in [7, 11) is 1.58. The molecule has 0 aliphatic carbocycles. The van der Waals surface area contributed by atoms with Crippen LogP contribution in [0.1, 0.15) is 0 Å². The Morgan fingerprint density at radius 2 is 1.83 bits per heavy atom. The molecule has 11 heteroatoms. The number of fused-ring (bicyclic) bond motifs is 2. The normalized spacial score (nSPS) is 23.7. The number of nitrogens with one attached hydrogen (secondary N) is 2. The lowest BCUT2D eigenvalue weighted by molar-refractivity contribution is 0.00917. The first-order valence-corrected chi connectivity index (χ1v) is 11.5. The molecule has 2 fully saturated rings. The number of nitrogens with zero attached hydrogens (tertiary/aromatic N) is 2. The van der Waals surface area contributed by atoms with E-state index in [1.165, 1.54) is 0 Å². The summed E-state index contributed by atoms with van der Waals surface area (Å²) in [4.78, 5) is 21.4. The number of carbonyl (C=O) groups excluding carboxylic acids is 1. The molecule has 2 N–H and O–H groups in total. The van der Waals surface area contributed by atoms with E-state index in [0.717, 1.165) is 11.3 Å². The van der Waals surface area contributed by atoms with Crippen molar-refractivity contribution in [1.82, 2.24) is 9.97 Å². The van der Waals surface area contributed by atoms with E-state index in [2.05, 4.69) is 20.6 Å². The Labute approximate surface area is 206 Å². The number of anilines is 2. The minimum absolute atomic E-state index is 0.194. The van der Waals surface area contributed by atoms with Crippen molar-refractivity contribution in [3.63, 3.8) is 0 Å². The molecule has 4 atom stereocenters. The fourth-order valence-corrected chi connectivity index (χ4v) is 4.46. The average molecular weight is 492 g/mol. The van der Waals surface area contributed by atoms with E-state index in [4.69, 9.17) is 28.4 Å². The van der Waals surface area contributed by atoms with Crippen LogP contribution in [0.5, 0.6) is 17.2 Å². The quantitative estimate of drug-likeness (QED) is 0.531. The van der Waals surface area contributed by atoms with Crippen molar-refractivity contribution in [2.24, 2.45) is 0 Å². The highest BCUT2D eigenvalue weighted by Gasteiger charge is 2.49. The van der Waals surface area contributed by atoms with Crippen LogP contribution >= 0.6 is 0 Å². The summed E-state index contributed by atoms with van der Waals surface area (Å²) >= 11 is 0. The molecule has 2 aromatic carbocycles. The summed E-state index contributed by atoms with van der Waals surface area (Å²) in [5.41, 5.74) is 2.23. The average Bonchev–Trinajstić information content (AvgIpc) is 3.63. The summed E-state index contributed by atoms with van der Waals surface area (Å²) in [6, 6.07) is 14.3. The highest BCUT2D eigenvalue weighted by atomic mass is 16.7. The number of ether oxygens (including phenoxy) is 6. The maximum atomic E-state index is 12.4. The molecule has 4 heterocycles. The third-order valence-electron chi connectivity index (χ3n) is 6.24. The van der Waals surface area contributed by atoms with E-state index < -0.39 is 12.2 Å². The molecule has 1 aromatic heterocycles. The molecule has 0 saturated carbocycles. The van der Waals surface area contributed by atoms with E-state index in [1.54, 1.807) is 37.6 Å². The fourth-order valence-electron chi connectivity index (χ4n) is 4.46. The lowest BCUT2D eigenvalue weighted by atomic mass is 10.1. The van der Waals surface area contributed by atoms with Gasteiger partial charge < -0.3 is 33.7 Å². The van der Waals surface area contributed by atoms with Crippen molar-refractivity contribution in [3.8, 4) is 28.5 Å². The monoisotopic (exact) mass is 492 g/mol. The molecule has 0 radical (unpaired) electrons. The van der Waals surface area contributed by atoms with Gasteiger partial charge in [-0.3, -0.25) is 5.32 Å². The molecule has 186 valence electrons. The van der Waals surface area contributed by atoms with Crippen molar-refractivity contribution in [3.05, 3.63) is 54.7 Å². The van der Waals surface area contributed by atoms with Crippen LogP contribution in [0.25, 0.3) is 11.3 Å². The molecular weight excluding hydrogens is 468 g/mol. The number of carbonyl (C=O) groups is 1. The molecule has 36 heavy (non-hydrogen) atoms. The molecule has 6 rings (SSSR count). The maximum absolute atomic E-state index is 12.4. The standard InChI is InChI=1S/C25H24N4O7/c1-31-16-5-3-15(4-6-16)27-25(30)36-21-12-33-22-18(11-32-23(21)22)29-24-26-9-8-17(28-24)14-2-7-19-20(10-14)35-13-34-19/h2-10,18,21-23H,11-13H2,1H3,(H,27,30)(H,26,28,29)/t18-,21-,22-,23+/m0/s1. The van der Waals surface area contributed by atoms with Gasteiger partial charge in [0.1, 0.15) is 18.0 Å². The smallest absolute Gasteiger partial charge is 0.412 e. The molecule has 1 amide bonds. The number of aromatic nitrogens is 2. The van der Waals surface area contributed by atoms with Gasteiger partial charge in [0.15, 0.2) is 17.6 Å². The third-order valence-corrected chi connectivity index (χ3v) is 6.24. The minimum atomic E-state index is -0.575. The Balaban J connectivity index is 1.07. The van der Waals surface area contributed by atoms with Gasteiger partial charge in [-0.1, -0.05) is 0 Å². The molecule has 0 unspecified atom stereocenters. The van der Waals surface area contributed by atoms with Crippen molar-refractivity contribution >= 4 is 17.7 Å². The van der Waals surface area contributed by atoms with E-state index in [9.17, 15) is 4.79 Å². The lowest BCUT2D eigenvalue weighted by Crippen LogP contribution is -2.38. The van der Waals surface area contributed by atoms with E-state index >= 15 is 0 Å². The second kappa shape index (κ2) is 9.51. The second-order valence-electron chi connectivity index (χ2n) is 8.48. The van der Waals surface area contributed by atoms with Gasteiger partial charge >= 0.3 is 6.09 Å². The van der Waals surface area contributed by atoms with Gasteiger partial charge in [-0.05, 0) is 48.5 Å². The Morgan fingerprint density at radius 1 is 1.00 bits per heavy atom. The number of benzene rings is 2. The first-order chi connectivity index (χ1) is 17.7. The predicted molar refractivity (Wildman–Crippen MR) is 127 cm³/mol. The topological polar surface area (TPSA) is 122 Å². The number of rotatable bonds is 6. The van der Waals surface area contributed by atoms with Gasteiger partial charge in [-0.2, -0.15) is 0 Å². The summed E-state index contributed by atoms with van der Waals surface area (Å²) in [5.74, 6) is 2.55. The Hall–Kier alpha value is -4.09. The number of amides is 1. The first kappa shape index (κ1) is 22.4. The van der Waals surface area contributed by atoms with Crippen molar-refractivity contribution in [2.75, 3.05) is 37.8 Å². The van der Waals surface area contributed by atoms with Gasteiger partial charge in [0, 0.05) is 17.4 Å². The Bertz CT molecular complexity index is 1260. The van der Waals surface area contributed by atoms with E-state index in [-0.39, 0.29) is 31.6 Å². The molecule has 3 aromatic rings. The lowest BCUT2D eigenvalue weighted by Gasteiger charge is -2.18. The zero-order valence-corrected chi connectivity index (χ0v) is 19.4. The van der Waals surface area contributed by atoms with Crippen molar-refractivity contribution in [1.29, 1.82) is 0 Å². The molecule has 0 spiro atoms. The number of methoxy groups -OCH3 is 1. The molecule has 3 aliphatic rings. The van der Waals surface area contributed by atoms with E-state index in [1.807, 2.05) is 24.3 Å². The molecule has 0 bridgehead atoms. The minimum Gasteiger partial charge on any atom is -0.497 e. The van der Waals surface area contributed by atoms with Gasteiger partial charge in [0.2, 0.25) is 12.7 Å². The van der Waals surface area contributed by atoms with Gasteiger partial charge in [0.25, 0.3) is 0 Å². The van der Waals surface area contributed by atoms with Crippen molar-refractivity contribution < 1.29 is 33.2 Å². The summed E-state index contributed by atoms with van der Waals surface area (Å²) < 4.78 is 33.4. The molecule has 3 aliphatic heterocycles. The molecule has 11 nitrogen and oxygen atoms in total. The second-order valence-corrected chi connectivity index (χ2v) is 8.48. The zero-order chi connectivity index (χ0) is 24.5. The SMILES string of the molecule is COc1ccc(NC(=O)O[C@H]2CO[C@@H]3[C@@H]2OC[C@@H]3Nc2nccc(-c3ccc4c(c3)OCO4)n2)cc1. The predicted octanol–water partition coefficient (Wildman–Crippen LogP) is 3.08. The summed E-state index contributed by atoms with van der Waals surface area (Å²) in [6.45, 7) is 0.821. The number of hydrogen-bond donors (Lipinski definition) is 2. The van der Waals surface area contributed by atoms with Crippen LogP contribution in [0.4, 0.5) is 16.4 Å². The van der Waals surface area contributed by atoms with Crippen LogP contribution in [-0.4, -0.2) is 67.5 Å². The summed E-state index contributed by atoms with van der Waals surface area (Å²) in [6.07, 6.45) is -0.106. The first-order valence-electron chi connectivity index (χ1n) is 11.5. The largest absolute Gasteiger partial charge is 0.497 e. The van der Waals surface area contributed by atoms with Crippen LogP contribution in [0.3, 0.4) is 0 Å². The van der Waals surface area contributed by atoms with Crippen LogP contribution in [0, 0.1) is 0 Å². The van der Waals surface area contributed by atoms with Crippen LogP contribution < -0.4 is 24.8 Å². The Kier molecular flexibility index (Phi) is 5.91. The van der Waals surface area contributed by atoms with Crippen LogP contribution in [0.2, 0.25) is 0 Å². The highest BCUT2D eigenvalue weighted by molar-refractivity contribution is 5.84.